The van der Waals surface area contributed by atoms with Gasteiger partial charge in [-0.2, -0.15) is 4.98 Å². The molecule has 1 amide bonds. The number of fused-ring (bicyclic) bond motifs is 1. The monoisotopic (exact) mass is 382 g/mol. The van der Waals surface area contributed by atoms with E-state index in [0.717, 1.165) is 30.6 Å². The van der Waals surface area contributed by atoms with Crippen LogP contribution in [0.1, 0.15) is 22.8 Å². The molecular formula is C21H23FN4O2. The molecule has 0 unspecified atom stereocenters. The molecule has 0 bridgehead atoms. The minimum Gasteiger partial charge on any atom is -0.480 e. The number of hydrogen-bond donors (Lipinski definition) is 1. The van der Waals surface area contributed by atoms with Gasteiger partial charge in [-0.15, -0.1) is 0 Å². The molecule has 1 aliphatic heterocycles. The Hall–Kier alpha value is -2.93. The molecule has 1 fully saturated rings. The molecular weight excluding hydrogens is 359 g/mol. The summed E-state index contributed by atoms with van der Waals surface area (Å²) in [5.74, 6) is 0.0387. The summed E-state index contributed by atoms with van der Waals surface area (Å²) in [5, 5.41) is 0.881. The summed E-state index contributed by atoms with van der Waals surface area (Å²) >= 11 is 0. The Kier molecular flexibility index (Phi) is 5.00. The Morgan fingerprint density at radius 1 is 1.29 bits per heavy atom. The number of aromatic amines is 1. The molecule has 28 heavy (non-hydrogen) atoms. The minimum atomic E-state index is -0.227. The number of piperazine rings is 1. The lowest BCUT2D eigenvalue weighted by atomic mass is 10.1. The van der Waals surface area contributed by atoms with Crippen LogP contribution in [0.25, 0.3) is 11.0 Å². The molecule has 1 atom stereocenters. The molecule has 7 heteroatoms. The van der Waals surface area contributed by atoms with Crippen LogP contribution in [0.4, 0.5) is 4.39 Å². The lowest BCUT2D eigenvalue weighted by Crippen LogP contribution is -2.53. The normalized spacial score (nSPS) is 17.8. The van der Waals surface area contributed by atoms with E-state index in [1.54, 1.807) is 18.3 Å². The maximum absolute atomic E-state index is 13.2. The second-order valence-electron chi connectivity index (χ2n) is 7.17. The van der Waals surface area contributed by atoms with Gasteiger partial charge < -0.3 is 14.6 Å². The number of H-pyrrole nitrogens is 1. The number of aromatic nitrogens is 2. The van der Waals surface area contributed by atoms with Crippen molar-refractivity contribution in [1.29, 1.82) is 0 Å². The maximum atomic E-state index is 13.2. The summed E-state index contributed by atoms with van der Waals surface area (Å²) < 4.78 is 18.5. The van der Waals surface area contributed by atoms with Gasteiger partial charge in [0.05, 0.1) is 7.11 Å². The van der Waals surface area contributed by atoms with Crippen LogP contribution < -0.4 is 4.74 Å². The number of hydrogen-bond acceptors (Lipinski definition) is 4. The van der Waals surface area contributed by atoms with Crippen LogP contribution in [-0.2, 0) is 6.54 Å². The van der Waals surface area contributed by atoms with Gasteiger partial charge in [-0.05, 0) is 36.8 Å². The number of pyridine rings is 1. The number of carbonyl (C=O) groups is 1. The van der Waals surface area contributed by atoms with Crippen LogP contribution in [0, 0.1) is 5.82 Å². The molecule has 3 aromatic rings. The van der Waals surface area contributed by atoms with Crippen molar-refractivity contribution in [3.05, 3.63) is 59.5 Å². The zero-order valence-corrected chi connectivity index (χ0v) is 16.0. The highest BCUT2D eigenvalue weighted by Gasteiger charge is 2.30. The first kappa shape index (κ1) is 18.4. The van der Waals surface area contributed by atoms with E-state index in [1.165, 1.54) is 19.2 Å². The SMILES string of the molecule is COc1nc2[nH]ccc2cc1C(=O)N1CCN(Cc2ccc(F)cc2)C[C@H]1C. The van der Waals surface area contributed by atoms with Crippen LogP contribution in [0.15, 0.2) is 42.6 Å². The number of nitrogens with zero attached hydrogens (tertiary/aromatic N) is 3. The van der Waals surface area contributed by atoms with Gasteiger partial charge in [0.1, 0.15) is 17.0 Å². The second kappa shape index (κ2) is 7.59. The Morgan fingerprint density at radius 2 is 2.07 bits per heavy atom. The molecule has 0 saturated carbocycles. The number of amides is 1. The number of ether oxygens (including phenoxy) is 1. The number of benzene rings is 1. The fraction of sp³-hybridized carbons (Fsp3) is 0.333. The number of nitrogens with one attached hydrogen (secondary N) is 1. The van der Waals surface area contributed by atoms with E-state index in [0.29, 0.717) is 23.6 Å². The van der Waals surface area contributed by atoms with Crippen molar-refractivity contribution in [3.8, 4) is 5.88 Å². The summed E-state index contributed by atoms with van der Waals surface area (Å²) in [6.45, 7) is 4.92. The number of halogens is 1. The lowest BCUT2D eigenvalue weighted by molar-refractivity contribution is 0.0472. The van der Waals surface area contributed by atoms with Crippen molar-refractivity contribution in [3.63, 3.8) is 0 Å². The van der Waals surface area contributed by atoms with Crippen LogP contribution in [-0.4, -0.2) is 58.5 Å². The Morgan fingerprint density at radius 3 is 2.79 bits per heavy atom. The van der Waals surface area contributed by atoms with Crippen molar-refractivity contribution in [1.82, 2.24) is 19.8 Å². The molecule has 1 N–H and O–H groups in total. The predicted octanol–water partition coefficient (Wildman–Crippen LogP) is 3.06. The smallest absolute Gasteiger partial charge is 0.259 e. The molecule has 0 radical (unpaired) electrons. The average Bonchev–Trinajstić information content (AvgIpc) is 3.16. The van der Waals surface area contributed by atoms with E-state index in [9.17, 15) is 9.18 Å². The van der Waals surface area contributed by atoms with Crippen molar-refractivity contribution < 1.29 is 13.9 Å². The van der Waals surface area contributed by atoms with Crippen LogP contribution >= 0.6 is 0 Å². The van der Waals surface area contributed by atoms with Gasteiger partial charge in [0.15, 0.2) is 0 Å². The van der Waals surface area contributed by atoms with Crippen molar-refractivity contribution in [2.45, 2.75) is 19.5 Å². The van der Waals surface area contributed by atoms with Crippen molar-refractivity contribution >= 4 is 16.9 Å². The summed E-state index contributed by atoms with van der Waals surface area (Å²) in [7, 11) is 1.53. The number of rotatable bonds is 4. The van der Waals surface area contributed by atoms with Gasteiger partial charge in [0, 0.05) is 43.8 Å². The van der Waals surface area contributed by atoms with Crippen molar-refractivity contribution in [2.75, 3.05) is 26.7 Å². The van der Waals surface area contributed by atoms with Crippen LogP contribution in [0.2, 0.25) is 0 Å². The highest BCUT2D eigenvalue weighted by molar-refractivity contribution is 5.99. The largest absolute Gasteiger partial charge is 0.480 e. The average molecular weight is 382 g/mol. The first-order valence-corrected chi connectivity index (χ1v) is 9.35. The fourth-order valence-electron chi connectivity index (χ4n) is 3.75. The molecule has 0 aliphatic carbocycles. The summed E-state index contributed by atoms with van der Waals surface area (Å²) in [6.07, 6.45) is 1.79. The zero-order chi connectivity index (χ0) is 19.7. The molecule has 1 saturated heterocycles. The van der Waals surface area contributed by atoms with E-state index >= 15 is 0 Å². The van der Waals surface area contributed by atoms with Gasteiger partial charge >= 0.3 is 0 Å². The first-order valence-electron chi connectivity index (χ1n) is 9.35. The molecule has 4 rings (SSSR count). The third-order valence-electron chi connectivity index (χ3n) is 5.22. The zero-order valence-electron chi connectivity index (χ0n) is 16.0. The Bertz CT molecular complexity index is 986. The maximum Gasteiger partial charge on any atom is 0.259 e. The lowest BCUT2D eigenvalue weighted by Gasteiger charge is -2.40. The molecule has 146 valence electrons. The van der Waals surface area contributed by atoms with Crippen molar-refractivity contribution in [2.24, 2.45) is 0 Å². The van der Waals surface area contributed by atoms with E-state index in [-0.39, 0.29) is 17.8 Å². The highest BCUT2D eigenvalue weighted by Crippen LogP contribution is 2.25. The van der Waals surface area contributed by atoms with Gasteiger partial charge in [-0.25, -0.2) is 4.39 Å². The van der Waals surface area contributed by atoms with Crippen LogP contribution in [0.3, 0.4) is 0 Å². The number of carbonyl (C=O) groups excluding carboxylic acids is 1. The van der Waals surface area contributed by atoms with E-state index in [1.807, 2.05) is 24.0 Å². The topological polar surface area (TPSA) is 61.5 Å². The standard InChI is InChI=1S/C21H23FN4O2/c1-14-12-25(13-15-3-5-17(22)6-4-15)9-10-26(14)21(27)18-11-16-7-8-23-19(16)24-20(18)28-2/h3-8,11,14H,9-10,12-13H2,1-2H3,(H,23,24)/t14-/m1/s1. The van der Waals surface area contributed by atoms with Gasteiger partial charge in [0.2, 0.25) is 5.88 Å². The molecule has 6 nitrogen and oxygen atoms in total. The van der Waals surface area contributed by atoms with E-state index in [4.69, 9.17) is 4.74 Å². The predicted molar refractivity (Wildman–Crippen MR) is 105 cm³/mol. The van der Waals surface area contributed by atoms with E-state index in [2.05, 4.69) is 14.9 Å². The third kappa shape index (κ3) is 3.57. The second-order valence-corrected chi connectivity index (χ2v) is 7.17. The van der Waals surface area contributed by atoms with Gasteiger partial charge in [-0.3, -0.25) is 9.69 Å². The quantitative estimate of drug-likeness (QED) is 0.753. The van der Waals surface area contributed by atoms with Crippen LogP contribution in [0.5, 0.6) is 5.88 Å². The summed E-state index contributed by atoms with van der Waals surface area (Å²) in [4.78, 5) is 24.8. The van der Waals surface area contributed by atoms with Gasteiger partial charge in [0.25, 0.3) is 5.91 Å². The third-order valence-corrected chi connectivity index (χ3v) is 5.22. The molecule has 1 aromatic carbocycles. The summed E-state index contributed by atoms with van der Waals surface area (Å²) in [5.41, 5.74) is 2.25. The Labute approximate surface area is 162 Å². The first-order chi connectivity index (χ1) is 13.5. The molecule has 3 heterocycles. The molecule has 1 aliphatic rings. The highest BCUT2D eigenvalue weighted by atomic mass is 19.1. The minimum absolute atomic E-state index is 0.0494. The fourth-order valence-corrected chi connectivity index (χ4v) is 3.75. The van der Waals surface area contributed by atoms with Gasteiger partial charge in [-0.1, -0.05) is 12.1 Å². The Balaban J connectivity index is 1.48. The molecule has 2 aromatic heterocycles. The molecule has 0 spiro atoms. The van der Waals surface area contributed by atoms with E-state index < -0.39 is 0 Å². The number of methoxy groups -OCH3 is 1. The summed E-state index contributed by atoms with van der Waals surface area (Å²) in [6, 6.07) is 10.3.